The van der Waals surface area contributed by atoms with E-state index in [9.17, 15) is 0 Å². The largest absolute Gasteiger partial charge is 0.494 e. The minimum absolute atomic E-state index is 0.0875. The Morgan fingerprint density at radius 1 is 1.22 bits per heavy atom. The van der Waals surface area contributed by atoms with Gasteiger partial charge in [0.1, 0.15) is 11.9 Å². The molecule has 0 saturated heterocycles. The van der Waals surface area contributed by atoms with Crippen LogP contribution in [0, 0.1) is 0 Å². The van der Waals surface area contributed by atoms with Crippen LogP contribution in [-0.4, -0.2) is 31.7 Å². The van der Waals surface area contributed by atoms with Crippen LogP contribution in [0.15, 0.2) is 28.8 Å². The molecule has 2 aromatic heterocycles. The summed E-state index contributed by atoms with van der Waals surface area (Å²) in [6, 6.07) is 7.95. The van der Waals surface area contributed by atoms with Crippen LogP contribution >= 0.6 is 0 Å². The number of aromatic nitrogens is 5. The summed E-state index contributed by atoms with van der Waals surface area (Å²) < 4.78 is 18.8. The minimum atomic E-state index is -0.190. The Balaban J connectivity index is 1.54. The van der Waals surface area contributed by atoms with Crippen LogP contribution in [0.4, 0.5) is 0 Å². The number of nitrogens with zero attached hydrogens (tertiary/aromatic N) is 5. The van der Waals surface area contributed by atoms with E-state index in [1.807, 2.05) is 56.6 Å². The summed E-state index contributed by atoms with van der Waals surface area (Å²) in [6.45, 7) is 9.68. The number of rotatable bonds is 4. The fourth-order valence-corrected chi connectivity index (χ4v) is 2.95. The van der Waals surface area contributed by atoms with Gasteiger partial charge in [0.2, 0.25) is 0 Å². The molecule has 142 valence electrons. The second kappa shape index (κ2) is 6.77. The molecule has 0 amide bonds. The zero-order valence-electron chi connectivity index (χ0n) is 16.0. The van der Waals surface area contributed by atoms with Gasteiger partial charge in [-0.2, -0.15) is 4.98 Å². The van der Waals surface area contributed by atoms with Crippen LogP contribution in [0.5, 0.6) is 5.75 Å². The molecule has 1 aliphatic heterocycles. The Bertz CT molecular complexity index is 924. The second-order valence-electron chi connectivity index (χ2n) is 7.54. The molecule has 0 spiro atoms. The quantitative estimate of drug-likeness (QED) is 0.697. The zero-order valence-corrected chi connectivity index (χ0v) is 16.0. The maximum Gasteiger partial charge on any atom is 0.280 e. The first-order chi connectivity index (χ1) is 13.0. The fraction of sp³-hybridized carbons (Fsp3) is 0.474. The van der Waals surface area contributed by atoms with E-state index in [0.29, 0.717) is 37.2 Å². The summed E-state index contributed by atoms with van der Waals surface area (Å²) in [5, 5.41) is 12.6. The summed E-state index contributed by atoms with van der Waals surface area (Å²) in [5.74, 6) is 1.87. The molecule has 0 N–H and O–H groups in total. The van der Waals surface area contributed by atoms with Crippen molar-refractivity contribution in [1.29, 1.82) is 0 Å². The van der Waals surface area contributed by atoms with Crippen LogP contribution < -0.4 is 4.74 Å². The van der Waals surface area contributed by atoms with E-state index < -0.39 is 0 Å². The van der Waals surface area contributed by atoms with Crippen molar-refractivity contribution in [2.45, 2.75) is 52.4 Å². The number of fused-ring (bicyclic) bond motifs is 1. The lowest BCUT2D eigenvalue weighted by molar-refractivity contribution is -0.00119. The van der Waals surface area contributed by atoms with E-state index in [1.165, 1.54) is 0 Å². The van der Waals surface area contributed by atoms with Gasteiger partial charge < -0.3 is 14.0 Å². The van der Waals surface area contributed by atoms with Crippen LogP contribution in [0.3, 0.4) is 0 Å². The number of hydrogen-bond donors (Lipinski definition) is 0. The van der Waals surface area contributed by atoms with Crippen molar-refractivity contribution in [3.63, 3.8) is 0 Å². The predicted molar refractivity (Wildman–Crippen MR) is 97.2 cm³/mol. The van der Waals surface area contributed by atoms with Crippen LogP contribution in [0.1, 0.15) is 50.9 Å². The molecule has 0 radical (unpaired) electrons. The van der Waals surface area contributed by atoms with Crippen molar-refractivity contribution in [2.24, 2.45) is 0 Å². The normalized spacial score (nSPS) is 17.0. The molecule has 1 atom stereocenters. The first-order valence-corrected chi connectivity index (χ1v) is 9.07. The number of hydrogen-bond acceptors (Lipinski definition) is 7. The third-order valence-electron chi connectivity index (χ3n) is 4.46. The maximum atomic E-state index is 6.05. The summed E-state index contributed by atoms with van der Waals surface area (Å²) >= 11 is 0. The molecule has 8 heteroatoms. The number of ether oxygens (including phenoxy) is 2. The van der Waals surface area contributed by atoms with E-state index in [-0.39, 0.29) is 11.5 Å². The van der Waals surface area contributed by atoms with Gasteiger partial charge in [0.25, 0.3) is 5.89 Å². The Kier molecular flexibility index (Phi) is 4.43. The lowest BCUT2D eigenvalue weighted by atomic mass is 9.96. The highest BCUT2D eigenvalue weighted by Crippen LogP contribution is 2.31. The van der Waals surface area contributed by atoms with E-state index in [0.717, 1.165) is 17.0 Å². The van der Waals surface area contributed by atoms with Gasteiger partial charge in [0, 0.05) is 5.41 Å². The van der Waals surface area contributed by atoms with E-state index >= 15 is 0 Å². The SMILES string of the molecule is CCOc1ccc(C2Cn3nnc(-c4nc(C(C)(C)C)no4)c3CO2)cc1. The van der Waals surface area contributed by atoms with Crippen molar-refractivity contribution in [3.8, 4) is 17.3 Å². The van der Waals surface area contributed by atoms with Crippen molar-refractivity contribution in [3.05, 3.63) is 41.3 Å². The summed E-state index contributed by atoms with van der Waals surface area (Å²) in [7, 11) is 0. The Morgan fingerprint density at radius 2 is 2.00 bits per heavy atom. The molecule has 1 aliphatic rings. The predicted octanol–water partition coefficient (Wildman–Crippen LogP) is 3.30. The molecule has 3 heterocycles. The molecule has 1 unspecified atom stereocenters. The maximum absolute atomic E-state index is 6.05. The molecule has 0 aliphatic carbocycles. The molecule has 1 aromatic carbocycles. The van der Waals surface area contributed by atoms with Crippen LogP contribution in [-0.2, 0) is 23.3 Å². The Morgan fingerprint density at radius 3 is 2.67 bits per heavy atom. The van der Waals surface area contributed by atoms with E-state index in [2.05, 4.69) is 20.5 Å². The molecular formula is C19H23N5O3. The Hall–Kier alpha value is -2.74. The zero-order chi connectivity index (χ0) is 19.0. The molecule has 3 aromatic rings. The molecule has 4 rings (SSSR count). The summed E-state index contributed by atoms with van der Waals surface area (Å²) in [6.07, 6.45) is -0.0875. The topological polar surface area (TPSA) is 88.1 Å². The van der Waals surface area contributed by atoms with Gasteiger partial charge >= 0.3 is 0 Å². The smallest absolute Gasteiger partial charge is 0.280 e. The average molecular weight is 369 g/mol. The van der Waals surface area contributed by atoms with Crippen molar-refractivity contribution < 1.29 is 14.0 Å². The van der Waals surface area contributed by atoms with Gasteiger partial charge in [-0.05, 0) is 24.6 Å². The second-order valence-corrected chi connectivity index (χ2v) is 7.54. The van der Waals surface area contributed by atoms with Crippen LogP contribution in [0.2, 0.25) is 0 Å². The average Bonchev–Trinajstić information content (AvgIpc) is 3.28. The molecule has 0 bridgehead atoms. The highest BCUT2D eigenvalue weighted by atomic mass is 16.5. The molecule has 0 fully saturated rings. The van der Waals surface area contributed by atoms with E-state index in [4.69, 9.17) is 14.0 Å². The Labute approximate surface area is 157 Å². The van der Waals surface area contributed by atoms with Gasteiger partial charge in [-0.25, -0.2) is 4.68 Å². The molecule has 27 heavy (non-hydrogen) atoms. The fourth-order valence-electron chi connectivity index (χ4n) is 2.95. The minimum Gasteiger partial charge on any atom is -0.494 e. The van der Waals surface area contributed by atoms with Gasteiger partial charge in [-0.15, -0.1) is 5.10 Å². The highest BCUT2D eigenvalue weighted by molar-refractivity contribution is 5.50. The lowest BCUT2D eigenvalue weighted by Gasteiger charge is -2.24. The van der Waals surface area contributed by atoms with Gasteiger partial charge in [0.15, 0.2) is 11.5 Å². The van der Waals surface area contributed by atoms with Gasteiger partial charge in [0.05, 0.1) is 25.5 Å². The highest BCUT2D eigenvalue weighted by Gasteiger charge is 2.29. The molecular weight excluding hydrogens is 346 g/mol. The molecule has 8 nitrogen and oxygen atoms in total. The van der Waals surface area contributed by atoms with Gasteiger partial charge in [-0.3, -0.25) is 0 Å². The third-order valence-corrected chi connectivity index (χ3v) is 4.46. The van der Waals surface area contributed by atoms with E-state index in [1.54, 1.807) is 0 Å². The van der Waals surface area contributed by atoms with Crippen molar-refractivity contribution in [2.75, 3.05) is 6.61 Å². The first-order valence-electron chi connectivity index (χ1n) is 9.07. The lowest BCUT2D eigenvalue weighted by Crippen LogP contribution is -2.22. The summed E-state index contributed by atoms with van der Waals surface area (Å²) in [4.78, 5) is 4.47. The van der Waals surface area contributed by atoms with Crippen molar-refractivity contribution in [1.82, 2.24) is 25.1 Å². The molecule has 0 saturated carbocycles. The first kappa shape index (κ1) is 17.7. The number of benzene rings is 1. The standard InChI is InChI=1S/C19H23N5O3/c1-5-25-13-8-6-12(7-9-13)15-10-24-14(11-26-15)16(21-23-24)17-20-18(22-27-17)19(2,3)4/h6-9,15H,5,10-11H2,1-4H3. The van der Waals surface area contributed by atoms with Crippen molar-refractivity contribution >= 4 is 0 Å². The van der Waals surface area contributed by atoms with Crippen LogP contribution in [0.25, 0.3) is 11.6 Å². The monoisotopic (exact) mass is 369 g/mol. The third kappa shape index (κ3) is 3.44. The van der Waals surface area contributed by atoms with Gasteiger partial charge in [-0.1, -0.05) is 43.3 Å². The summed E-state index contributed by atoms with van der Waals surface area (Å²) in [5.41, 5.74) is 2.32.